The summed E-state index contributed by atoms with van der Waals surface area (Å²) in [6, 6.07) is 12.6. The monoisotopic (exact) mass is 438 g/mol. The summed E-state index contributed by atoms with van der Waals surface area (Å²) < 4.78 is 11.7. The van der Waals surface area contributed by atoms with Gasteiger partial charge >= 0.3 is 0 Å². The first-order valence-corrected chi connectivity index (χ1v) is 9.89. The van der Waals surface area contributed by atoms with E-state index in [0.29, 0.717) is 27.7 Å². The van der Waals surface area contributed by atoms with Gasteiger partial charge in [0.15, 0.2) is 0 Å². The fraction of sp³-hybridized carbons (Fsp3) is 0.182. The van der Waals surface area contributed by atoms with Crippen LogP contribution in [0.2, 0.25) is 5.02 Å². The second-order valence-corrected chi connectivity index (χ2v) is 7.37. The number of benzene rings is 2. The second kappa shape index (κ2) is 8.61. The molecule has 1 N–H and O–H groups in total. The van der Waals surface area contributed by atoms with E-state index in [4.69, 9.17) is 20.9 Å². The molecule has 0 aliphatic rings. The largest absolute Gasteiger partial charge is 0.495 e. The number of aryl methyl sites for hydroxylation is 2. The van der Waals surface area contributed by atoms with Crippen LogP contribution in [0, 0.1) is 6.92 Å². The number of aromatic nitrogens is 3. The molecule has 0 unspecified atom stereocenters. The number of nitrogens with zero attached hydrogens (tertiary/aromatic N) is 3. The van der Waals surface area contributed by atoms with Crippen LogP contribution in [-0.4, -0.2) is 27.7 Å². The Labute approximate surface area is 182 Å². The average molecular weight is 439 g/mol. The van der Waals surface area contributed by atoms with E-state index < -0.39 is 5.56 Å². The van der Waals surface area contributed by atoms with E-state index in [2.05, 4.69) is 15.5 Å². The number of fused-ring (bicyclic) bond motifs is 1. The minimum Gasteiger partial charge on any atom is -0.495 e. The molecule has 0 saturated carbocycles. The summed E-state index contributed by atoms with van der Waals surface area (Å²) in [6.07, 6.45) is 1.47. The maximum atomic E-state index is 12.7. The van der Waals surface area contributed by atoms with Crippen LogP contribution in [0.25, 0.3) is 22.4 Å². The number of ether oxygens (including phenoxy) is 1. The molecule has 0 atom stereocenters. The molecule has 0 bridgehead atoms. The summed E-state index contributed by atoms with van der Waals surface area (Å²) in [7, 11) is 1.51. The molecule has 31 heavy (non-hydrogen) atoms. The Morgan fingerprint density at radius 2 is 2.00 bits per heavy atom. The third-order valence-electron chi connectivity index (χ3n) is 4.79. The van der Waals surface area contributed by atoms with Gasteiger partial charge in [-0.05, 0) is 25.1 Å². The molecule has 2 heterocycles. The van der Waals surface area contributed by atoms with Gasteiger partial charge in [-0.1, -0.05) is 46.6 Å². The van der Waals surface area contributed by atoms with E-state index >= 15 is 0 Å². The molecule has 4 rings (SSSR count). The van der Waals surface area contributed by atoms with E-state index in [-0.39, 0.29) is 24.5 Å². The Bertz CT molecular complexity index is 1310. The van der Waals surface area contributed by atoms with Crippen LogP contribution < -0.4 is 15.6 Å². The molecule has 0 spiro atoms. The van der Waals surface area contributed by atoms with Crippen LogP contribution in [0.4, 0.5) is 5.69 Å². The van der Waals surface area contributed by atoms with Gasteiger partial charge in [0.2, 0.25) is 5.91 Å². The van der Waals surface area contributed by atoms with Crippen molar-refractivity contribution >= 4 is 34.3 Å². The first-order chi connectivity index (χ1) is 15.0. The molecule has 2 aromatic carbocycles. The zero-order valence-electron chi connectivity index (χ0n) is 16.9. The second-order valence-electron chi connectivity index (χ2n) is 6.97. The third-order valence-corrected chi connectivity index (χ3v) is 5.08. The lowest BCUT2D eigenvalue weighted by Crippen LogP contribution is -2.23. The lowest BCUT2D eigenvalue weighted by molar-refractivity contribution is -0.116. The number of anilines is 1. The summed E-state index contributed by atoms with van der Waals surface area (Å²) in [5.74, 6) is 0.244. The van der Waals surface area contributed by atoms with Crippen molar-refractivity contribution < 1.29 is 14.1 Å². The highest BCUT2D eigenvalue weighted by Gasteiger charge is 2.17. The third kappa shape index (κ3) is 4.29. The first kappa shape index (κ1) is 20.6. The normalized spacial score (nSPS) is 10.9. The van der Waals surface area contributed by atoms with Gasteiger partial charge in [0.25, 0.3) is 11.1 Å². The van der Waals surface area contributed by atoms with E-state index in [1.54, 1.807) is 18.2 Å². The summed E-state index contributed by atoms with van der Waals surface area (Å²) in [4.78, 5) is 29.4. The molecule has 0 aliphatic heterocycles. The smallest absolute Gasteiger partial charge is 0.299 e. The molecule has 0 aliphatic carbocycles. The number of nitrogens with one attached hydrogen (secondary N) is 1. The Balaban J connectivity index is 1.48. The van der Waals surface area contributed by atoms with Gasteiger partial charge in [-0.3, -0.25) is 14.2 Å². The van der Waals surface area contributed by atoms with Crippen LogP contribution in [0.15, 0.2) is 58.1 Å². The fourth-order valence-electron chi connectivity index (χ4n) is 3.11. The van der Waals surface area contributed by atoms with E-state index in [1.807, 2.05) is 31.2 Å². The SMILES string of the molecule is COc1ccc(NC(=O)CCn2cnc3c(-c4ccc(C)cc4)noc3c2=O)cc1Cl. The molecular weight excluding hydrogens is 420 g/mol. The number of rotatable bonds is 6. The van der Waals surface area contributed by atoms with Gasteiger partial charge in [-0.25, -0.2) is 4.98 Å². The Hall–Kier alpha value is -3.65. The van der Waals surface area contributed by atoms with E-state index in [1.165, 1.54) is 18.0 Å². The highest BCUT2D eigenvalue weighted by Crippen LogP contribution is 2.27. The topological polar surface area (TPSA) is 99.2 Å². The average Bonchev–Trinajstić information content (AvgIpc) is 3.19. The van der Waals surface area contributed by atoms with E-state index in [0.717, 1.165) is 11.1 Å². The number of carbonyl (C=O) groups excluding carboxylic acids is 1. The van der Waals surface area contributed by atoms with Crippen LogP contribution in [0.1, 0.15) is 12.0 Å². The molecule has 4 aromatic rings. The highest BCUT2D eigenvalue weighted by molar-refractivity contribution is 6.32. The van der Waals surface area contributed by atoms with Crippen LogP contribution in [-0.2, 0) is 11.3 Å². The molecule has 158 valence electrons. The van der Waals surface area contributed by atoms with Crippen molar-refractivity contribution in [2.45, 2.75) is 19.9 Å². The van der Waals surface area contributed by atoms with Crippen molar-refractivity contribution in [2.75, 3.05) is 12.4 Å². The molecule has 9 heteroatoms. The molecule has 0 radical (unpaired) electrons. The van der Waals surface area contributed by atoms with Crippen molar-refractivity contribution in [3.63, 3.8) is 0 Å². The van der Waals surface area contributed by atoms with Gasteiger partial charge in [0.1, 0.15) is 17.0 Å². The summed E-state index contributed by atoms with van der Waals surface area (Å²) in [6.45, 7) is 2.12. The standard InChI is InChI=1S/C22H19ClN4O4/c1-13-3-5-14(6-4-13)19-20-21(31-26-19)22(29)27(12-24-20)10-9-18(28)25-15-7-8-17(30-2)16(23)11-15/h3-8,11-12H,9-10H2,1-2H3,(H,25,28). The lowest BCUT2D eigenvalue weighted by atomic mass is 10.1. The van der Waals surface area contributed by atoms with Crippen molar-refractivity contribution in [3.8, 4) is 17.0 Å². The van der Waals surface area contributed by atoms with Gasteiger partial charge in [0, 0.05) is 24.2 Å². The maximum absolute atomic E-state index is 12.7. The summed E-state index contributed by atoms with van der Waals surface area (Å²) in [5, 5.41) is 7.15. The zero-order valence-corrected chi connectivity index (χ0v) is 17.6. The summed E-state index contributed by atoms with van der Waals surface area (Å²) in [5.41, 5.74) is 3.02. The summed E-state index contributed by atoms with van der Waals surface area (Å²) >= 11 is 6.07. The number of hydrogen-bond acceptors (Lipinski definition) is 6. The maximum Gasteiger partial charge on any atom is 0.299 e. The Morgan fingerprint density at radius 1 is 1.23 bits per heavy atom. The first-order valence-electron chi connectivity index (χ1n) is 9.51. The molecule has 2 aromatic heterocycles. The van der Waals surface area contributed by atoms with Crippen molar-refractivity contribution in [1.82, 2.24) is 14.7 Å². The van der Waals surface area contributed by atoms with Crippen molar-refractivity contribution in [2.24, 2.45) is 0 Å². The predicted molar refractivity (Wildman–Crippen MR) is 117 cm³/mol. The van der Waals surface area contributed by atoms with Crippen molar-refractivity contribution in [1.29, 1.82) is 0 Å². The van der Waals surface area contributed by atoms with Crippen LogP contribution >= 0.6 is 11.6 Å². The van der Waals surface area contributed by atoms with E-state index in [9.17, 15) is 9.59 Å². The number of amides is 1. The number of carbonyl (C=O) groups is 1. The fourth-order valence-corrected chi connectivity index (χ4v) is 3.36. The predicted octanol–water partition coefficient (Wildman–Crippen LogP) is 4.05. The van der Waals surface area contributed by atoms with Crippen molar-refractivity contribution in [3.05, 3.63) is 69.7 Å². The molecular formula is C22H19ClN4O4. The Morgan fingerprint density at radius 3 is 2.71 bits per heavy atom. The molecule has 1 amide bonds. The molecule has 0 fully saturated rings. The quantitative estimate of drug-likeness (QED) is 0.487. The minimum atomic E-state index is -0.392. The number of methoxy groups -OCH3 is 1. The highest BCUT2D eigenvalue weighted by atomic mass is 35.5. The van der Waals surface area contributed by atoms with Gasteiger partial charge in [-0.15, -0.1) is 0 Å². The van der Waals surface area contributed by atoms with Gasteiger partial charge in [0.05, 0.1) is 18.5 Å². The minimum absolute atomic E-state index is 0.0559. The van der Waals surface area contributed by atoms with Crippen LogP contribution in [0.3, 0.4) is 0 Å². The zero-order chi connectivity index (χ0) is 22.0. The molecule has 8 nitrogen and oxygen atoms in total. The number of hydrogen-bond donors (Lipinski definition) is 1. The van der Waals surface area contributed by atoms with Gasteiger partial charge in [-0.2, -0.15) is 0 Å². The number of halogens is 1. The Kier molecular flexibility index (Phi) is 5.73. The lowest BCUT2D eigenvalue weighted by Gasteiger charge is -2.09. The van der Waals surface area contributed by atoms with Crippen LogP contribution in [0.5, 0.6) is 5.75 Å². The molecule has 0 saturated heterocycles. The van der Waals surface area contributed by atoms with Gasteiger partial charge < -0.3 is 14.6 Å².